The first-order chi connectivity index (χ1) is 12.8. The molecule has 27 heavy (non-hydrogen) atoms. The van der Waals surface area contributed by atoms with Gasteiger partial charge in [-0.1, -0.05) is 30.3 Å². The van der Waals surface area contributed by atoms with Crippen molar-refractivity contribution in [2.75, 3.05) is 7.05 Å². The van der Waals surface area contributed by atoms with Gasteiger partial charge in [-0.05, 0) is 42.3 Å². The van der Waals surface area contributed by atoms with Crippen LogP contribution in [0.2, 0.25) is 0 Å². The third-order valence-electron chi connectivity index (χ3n) is 4.60. The summed E-state index contributed by atoms with van der Waals surface area (Å²) in [6.45, 7) is 1.65. The van der Waals surface area contributed by atoms with E-state index in [2.05, 4.69) is 11.4 Å². The summed E-state index contributed by atoms with van der Waals surface area (Å²) in [5.41, 5.74) is 0.739. The van der Waals surface area contributed by atoms with E-state index in [9.17, 15) is 19.2 Å². The fourth-order valence-electron chi connectivity index (χ4n) is 3.16. The fraction of sp³-hybridized carbons (Fsp3) is 0.190. The molecule has 1 saturated heterocycles. The zero-order chi connectivity index (χ0) is 19.6. The van der Waals surface area contributed by atoms with Crippen molar-refractivity contribution in [1.82, 2.24) is 10.2 Å². The number of benzene rings is 2. The first-order valence-corrected chi connectivity index (χ1v) is 8.40. The second kappa shape index (κ2) is 7.04. The highest BCUT2D eigenvalue weighted by atomic mass is 19.1. The van der Waals surface area contributed by atoms with Crippen molar-refractivity contribution in [3.05, 3.63) is 76.7 Å². The first-order valence-electron chi connectivity index (χ1n) is 8.40. The van der Waals surface area contributed by atoms with Crippen molar-refractivity contribution in [2.45, 2.75) is 18.9 Å². The van der Waals surface area contributed by atoms with E-state index in [1.165, 1.54) is 30.2 Å². The maximum absolute atomic E-state index is 13.1. The summed E-state index contributed by atoms with van der Waals surface area (Å²) >= 11 is 0. The summed E-state index contributed by atoms with van der Waals surface area (Å²) in [5, 5.41) is 12.0. The topological polar surface area (TPSA) is 73.2 Å². The normalized spacial score (nSPS) is 21.1. The number of piperazine rings is 1. The monoisotopic (exact) mass is 363 g/mol. The summed E-state index contributed by atoms with van der Waals surface area (Å²) in [6.07, 6.45) is 1.77. The van der Waals surface area contributed by atoms with Gasteiger partial charge in [-0.15, -0.1) is 0 Å². The fourth-order valence-corrected chi connectivity index (χ4v) is 3.16. The molecule has 0 spiro atoms. The molecular weight excluding hydrogens is 345 g/mol. The SMILES string of the molecule is CN1C(=O)C(C)(Cc2ccc(F)cc2)NC(=O)C1=Cc1ccccc1C#N. The molecule has 3 rings (SSSR count). The van der Waals surface area contributed by atoms with Gasteiger partial charge in [0, 0.05) is 13.5 Å². The number of carbonyl (C=O) groups is 2. The van der Waals surface area contributed by atoms with E-state index in [-0.39, 0.29) is 23.8 Å². The summed E-state index contributed by atoms with van der Waals surface area (Å²) in [5.74, 6) is -1.05. The molecule has 2 aromatic carbocycles. The lowest BCUT2D eigenvalue weighted by Crippen LogP contribution is -2.64. The molecule has 1 atom stereocenters. The molecule has 2 aromatic rings. The predicted octanol–water partition coefficient (Wildman–Crippen LogP) is 2.63. The number of nitrogens with zero attached hydrogens (tertiary/aromatic N) is 2. The molecule has 0 aromatic heterocycles. The molecule has 6 heteroatoms. The molecule has 1 fully saturated rings. The number of halogens is 1. The molecule has 2 amide bonds. The van der Waals surface area contributed by atoms with E-state index < -0.39 is 11.4 Å². The lowest BCUT2D eigenvalue weighted by molar-refractivity contribution is -0.143. The summed E-state index contributed by atoms with van der Waals surface area (Å²) in [4.78, 5) is 27.0. The lowest BCUT2D eigenvalue weighted by Gasteiger charge is -2.39. The van der Waals surface area contributed by atoms with Gasteiger partial charge < -0.3 is 10.2 Å². The Balaban J connectivity index is 1.91. The molecular formula is C21H18FN3O2. The van der Waals surface area contributed by atoms with Crippen LogP contribution in [-0.4, -0.2) is 29.3 Å². The minimum atomic E-state index is -1.14. The van der Waals surface area contributed by atoms with E-state index in [0.29, 0.717) is 11.1 Å². The summed E-state index contributed by atoms with van der Waals surface area (Å²) in [6, 6.07) is 14.7. The van der Waals surface area contributed by atoms with Crippen molar-refractivity contribution in [1.29, 1.82) is 5.26 Å². The van der Waals surface area contributed by atoms with Crippen LogP contribution in [0.3, 0.4) is 0 Å². The van der Waals surface area contributed by atoms with Gasteiger partial charge in [-0.3, -0.25) is 9.59 Å². The number of nitrogens with one attached hydrogen (secondary N) is 1. The zero-order valence-corrected chi connectivity index (χ0v) is 15.0. The highest BCUT2D eigenvalue weighted by Gasteiger charge is 2.44. The van der Waals surface area contributed by atoms with E-state index in [0.717, 1.165) is 5.56 Å². The standard InChI is InChI=1S/C21H18FN3O2/c1-21(12-14-7-9-17(22)10-8-14)20(27)25(2)18(19(26)24-21)11-15-5-3-4-6-16(15)13-23/h3-11H,12H2,1-2H3,(H,24,26). The molecule has 136 valence electrons. The number of nitriles is 1. The van der Waals surface area contributed by atoms with Crippen LogP contribution in [0, 0.1) is 17.1 Å². The zero-order valence-electron chi connectivity index (χ0n) is 15.0. The summed E-state index contributed by atoms with van der Waals surface area (Å²) < 4.78 is 13.1. The van der Waals surface area contributed by atoms with Crippen LogP contribution < -0.4 is 5.32 Å². The third-order valence-corrected chi connectivity index (χ3v) is 4.60. The van der Waals surface area contributed by atoms with Gasteiger partial charge in [0.2, 0.25) is 0 Å². The molecule has 1 aliphatic heterocycles. The molecule has 1 unspecified atom stereocenters. The summed E-state index contributed by atoms with van der Waals surface area (Å²) in [7, 11) is 1.53. The number of amides is 2. The van der Waals surface area contributed by atoms with Crippen molar-refractivity contribution in [2.24, 2.45) is 0 Å². The Bertz CT molecular complexity index is 976. The van der Waals surface area contributed by atoms with Crippen molar-refractivity contribution < 1.29 is 14.0 Å². The van der Waals surface area contributed by atoms with E-state index >= 15 is 0 Å². The highest BCUT2D eigenvalue weighted by Crippen LogP contribution is 2.25. The average molecular weight is 363 g/mol. The maximum atomic E-state index is 13.1. The molecule has 1 N–H and O–H groups in total. The molecule has 1 heterocycles. The number of likely N-dealkylation sites (N-methyl/N-ethyl adjacent to an activating group) is 1. The largest absolute Gasteiger partial charge is 0.336 e. The van der Waals surface area contributed by atoms with E-state index in [1.54, 1.807) is 43.3 Å². The maximum Gasteiger partial charge on any atom is 0.268 e. The molecule has 0 radical (unpaired) electrons. The number of hydrogen-bond donors (Lipinski definition) is 1. The van der Waals surface area contributed by atoms with Gasteiger partial charge in [0.1, 0.15) is 17.1 Å². The average Bonchev–Trinajstić information content (AvgIpc) is 2.66. The Morgan fingerprint density at radius 3 is 2.52 bits per heavy atom. The van der Waals surface area contributed by atoms with Gasteiger partial charge in [0.25, 0.3) is 11.8 Å². The second-order valence-corrected chi connectivity index (χ2v) is 6.68. The Morgan fingerprint density at radius 1 is 1.19 bits per heavy atom. The van der Waals surface area contributed by atoms with Gasteiger partial charge in [-0.2, -0.15) is 5.26 Å². The van der Waals surface area contributed by atoms with Crippen LogP contribution in [0.5, 0.6) is 0 Å². The van der Waals surface area contributed by atoms with Crippen LogP contribution >= 0.6 is 0 Å². The van der Waals surface area contributed by atoms with Gasteiger partial charge in [0.05, 0.1) is 11.6 Å². The second-order valence-electron chi connectivity index (χ2n) is 6.68. The quantitative estimate of drug-likeness (QED) is 0.852. The van der Waals surface area contributed by atoms with Crippen LogP contribution in [0.1, 0.15) is 23.6 Å². The molecule has 0 saturated carbocycles. The van der Waals surface area contributed by atoms with Gasteiger partial charge in [-0.25, -0.2) is 4.39 Å². The Morgan fingerprint density at radius 2 is 1.85 bits per heavy atom. The predicted molar refractivity (Wildman–Crippen MR) is 98.6 cm³/mol. The molecule has 0 aliphatic carbocycles. The molecule has 0 bridgehead atoms. The van der Waals surface area contributed by atoms with Gasteiger partial charge in [0.15, 0.2) is 0 Å². The minimum Gasteiger partial charge on any atom is -0.336 e. The van der Waals surface area contributed by atoms with Crippen LogP contribution in [-0.2, 0) is 16.0 Å². The van der Waals surface area contributed by atoms with Crippen LogP contribution in [0.25, 0.3) is 6.08 Å². The van der Waals surface area contributed by atoms with Crippen molar-refractivity contribution >= 4 is 17.9 Å². The Labute approximate surface area is 156 Å². The number of rotatable bonds is 3. The number of carbonyl (C=O) groups excluding carboxylic acids is 2. The van der Waals surface area contributed by atoms with Crippen LogP contribution in [0.4, 0.5) is 4.39 Å². The minimum absolute atomic E-state index is 0.166. The van der Waals surface area contributed by atoms with E-state index in [1.807, 2.05) is 0 Å². The lowest BCUT2D eigenvalue weighted by atomic mass is 9.88. The third kappa shape index (κ3) is 3.58. The molecule has 5 nitrogen and oxygen atoms in total. The smallest absolute Gasteiger partial charge is 0.268 e. The Hall–Kier alpha value is -3.46. The Kier molecular flexibility index (Phi) is 4.78. The van der Waals surface area contributed by atoms with Crippen molar-refractivity contribution in [3.8, 4) is 6.07 Å². The van der Waals surface area contributed by atoms with Crippen LogP contribution in [0.15, 0.2) is 54.2 Å². The highest BCUT2D eigenvalue weighted by molar-refractivity contribution is 6.09. The first kappa shape index (κ1) is 18.3. The van der Waals surface area contributed by atoms with Gasteiger partial charge >= 0.3 is 0 Å². The number of hydrogen-bond acceptors (Lipinski definition) is 3. The molecule has 1 aliphatic rings. The van der Waals surface area contributed by atoms with Crippen molar-refractivity contribution in [3.63, 3.8) is 0 Å². The van der Waals surface area contributed by atoms with E-state index in [4.69, 9.17) is 0 Å².